The number of nitrogens with zero attached hydrogens (tertiary/aromatic N) is 3. The fourth-order valence-electron chi connectivity index (χ4n) is 2.91. The Morgan fingerprint density at radius 3 is 2.78 bits per heavy atom. The molecule has 4 rings (SSSR count). The number of thiophene rings is 2. The van der Waals surface area contributed by atoms with Crippen LogP contribution in [0.3, 0.4) is 0 Å². The summed E-state index contributed by atoms with van der Waals surface area (Å²) in [5.74, 6) is -0.0268. The van der Waals surface area contributed by atoms with E-state index in [1.165, 1.54) is 33.3 Å². The first-order valence-electron chi connectivity index (χ1n) is 8.05. The number of alkyl halides is 3. The molecular weight excluding hydrogens is 395 g/mol. The molecule has 4 aromatic rings. The maximum absolute atomic E-state index is 12.8. The summed E-state index contributed by atoms with van der Waals surface area (Å²) in [7, 11) is 1.57. The second-order valence-corrected chi connectivity index (χ2v) is 8.29. The van der Waals surface area contributed by atoms with Gasteiger partial charge in [0.15, 0.2) is 0 Å². The molecule has 0 aliphatic carbocycles. The molecule has 0 bridgehead atoms. The lowest BCUT2D eigenvalue weighted by atomic mass is 10.2. The number of benzene rings is 1. The molecule has 0 saturated heterocycles. The minimum Gasteiger partial charge on any atom is -0.334 e. The van der Waals surface area contributed by atoms with Crippen molar-refractivity contribution in [2.45, 2.75) is 19.3 Å². The highest BCUT2D eigenvalue weighted by atomic mass is 32.1. The molecule has 1 amide bonds. The molecule has 0 N–H and O–H groups in total. The first kappa shape index (κ1) is 18.0. The zero-order valence-corrected chi connectivity index (χ0v) is 15.8. The van der Waals surface area contributed by atoms with E-state index < -0.39 is 12.7 Å². The van der Waals surface area contributed by atoms with Gasteiger partial charge in [0.25, 0.3) is 5.91 Å². The first-order valence-corrected chi connectivity index (χ1v) is 9.68. The number of rotatable bonds is 4. The molecule has 9 heteroatoms. The van der Waals surface area contributed by atoms with Crippen molar-refractivity contribution in [3.05, 3.63) is 53.4 Å². The number of imidazole rings is 1. The summed E-state index contributed by atoms with van der Waals surface area (Å²) in [4.78, 5) is 18.7. The third-order valence-corrected chi connectivity index (χ3v) is 6.54. The van der Waals surface area contributed by atoms with Gasteiger partial charge in [-0.15, -0.1) is 22.7 Å². The Labute approximate surface area is 160 Å². The lowest BCUT2D eigenvalue weighted by Crippen LogP contribution is -2.28. The van der Waals surface area contributed by atoms with Crippen molar-refractivity contribution in [1.82, 2.24) is 14.5 Å². The third kappa shape index (κ3) is 3.57. The largest absolute Gasteiger partial charge is 0.406 e. The van der Waals surface area contributed by atoms with E-state index in [4.69, 9.17) is 0 Å². The van der Waals surface area contributed by atoms with Crippen LogP contribution >= 0.6 is 22.7 Å². The molecule has 0 spiro atoms. The van der Waals surface area contributed by atoms with Crippen molar-refractivity contribution in [3.8, 4) is 0 Å². The van der Waals surface area contributed by atoms with Gasteiger partial charge in [0, 0.05) is 34.2 Å². The van der Waals surface area contributed by atoms with Crippen LogP contribution in [-0.2, 0) is 13.1 Å². The number of hydrogen-bond acceptors (Lipinski definition) is 4. The first-order chi connectivity index (χ1) is 12.8. The average Bonchev–Trinajstić information content (AvgIpc) is 3.27. The van der Waals surface area contributed by atoms with Crippen molar-refractivity contribution >= 4 is 48.1 Å². The molecule has 0 radical (unpaired) electrons. The highest BCUT2D eigenvalue weighted by Gasteiger charge is 2.29. The fourth-order valence-corrected chi connectivity index (χ4v) is 5.43. The van der Waals surface area contributed by atoms with Crippen LogP contribution in [0.4, 0.5) is 13.2 Å². The second-order valence-electron chi connectivity index (χ2n) is 6.15. The summed E-state index contributed by atoms with van der Waals surface area (Å²) in [6.45, 7) is -1.11. The molecule has 3 heterocycles. The van der Waals surface area contributed by atoms with Crippen LogP contribution in [0.25, 0.3) is 19.5 Å². The lowest BCUT2D eigenvalue weighted by molar-refractivity contribution is -0.141. The normalized spacial score (nSPS) is 12.1. The molecule has 0 aliphatic heterocycles. The summed E-state index contributed by atoms with van der Waals surface area (Å²) < 4.78 is 42.2. The number of carbonyl (C=O) groups excluding carboxylic acids is 1. The lowest BCUT2D eigenvalue weighted by Gasteiger charge is -2.17. The van der Waals surface area contributed by atoms with Crippen molar-refractivity contribution in [1.29, 1.82) is 0 Å². The zero-order valence-electron chi connectivity index (χ0n) is 14.2. The average molecular weight is 409 g/mol. The summed E-state index contributed by atoms with van der Waals surface area (Å²) >= 11 is 3.03. The Morgan fingerprint density at radius 2 is 2.00 bits per heavy atom. The van der Waals surface area contributed by atoms with Crippen molar-refractivity contribution in [3.63, 3.8) is 0 Å². The number of carbonyl (C=O) groups is 1. The smallest absolute Gasteiger partial charge is 0.334 e. The van der Waals surface area contributed by atoms with Crippen molar-refractivity contribution < 1.29 is 18.0 Å². The van der Waals surface area contributed by atoms with Crippen LogP contribution in [0.1, 0.15) is 15.5 Å². The molecule has 1 aromatic carbocycles. The van der Waals surface area contributed by atoms with E-state index in [1.807, 2.05) is 30.3 Å². The van der Waals surface area contributed by atoms with Crippen LogP contribution in [-0.4, -0.2) is 33.6 Å². The van der Waals surface area contributed by atoms with Gasteiger partial charge in [-0.05, 0) is 12.1 Å². The fraction of sp³-hybridized carbons (Fsp3) is 0.222. The summed E-state index contributed by atoms with van der Waals surface area (Å²) in [5.41, 5.74) is 0. The molecule has 27 heavy (non-hydrogen) atoms. The number of halogens is 3. The minimum atomic E-state index is -4.34. The predicted octanol–water partition coefficient (Wildman–Crippen LogP) is 5.15. The highest BCUT2D eigenvalue weighted by Crippen LogP contribution is 2.39. The SMILES string of the molecule is CN(Cc1nccn1CC(F)(F)F)C(=O)c1cc2sc3ccccc3c2s1. The molecular formula is C18H14F3N3OS2. The zero-order chi connectivity index (χ0) is 19.2. The van der Waals surface area contributed by atoms with Gasteiger partial charge in [0.2, 0.25) is 0 Å². The quantitative estimate of drug-likeness (QED) is 0.468. The van der Waals surface area contributed by atoms with Gasteiger partial charge >= 0.3 is 6.18 Å². The topological polar surface area (TPSA) is 38.1 Å². The van der Waals surface area contributed by atoms with E-state index in [1.54, 1.807) is 18.4 Å². The molecule has 0 aliphatic rings. The minimum absolute atomic E-state index is 0.00814. The summed E-state index contributed by atoms with van der Waals surface area (Å²) in [5, 5.41) is 1.12. The molecule has 0 unspecified atom stereocenters. The van der Waals surface area contributed by atoms with Crippen molar-refractivity contribution in [2.75, 3.05) is 7.05 Å². The van der Waals surface area contributed by atoms with Gasteiger partial charge in [-0.25, -0.2) is 4.98 Å². The van der Waals surface area contributed by atoms with E-state index in [9.17, 15) is 18.0 Å². The Hall–Kier alpha value is -2.39. The number of hydrogen-bond donors (Lipinski definition) is 0. The Kier molecular flexibility index (Phi) is 4.43. The summed E-state index contributed by atoms with van der Waals surface area (Å²) in [6, 6.07) is 9.86. The Balaban J connectivity index is 1.56. The van der Waals surface area contributed by atoms with E-state index >= 15 is 0 Å². The molecule has 140 valence electrons. The third-order valence-electron chi connectivity index (χ3n) is 4.14. The van der Waals surface area contributed by atoms with E-state index in [-0.39, 0.29) is 18.3 Å². The van der Waals surface area contributed by atoms with Crippen LogP contribution in [0.2, 0.25) is 0 Å². The van der Waals surface area contributed by atoms with Crippen LogP contribution in [0, 0.1) is 0 Å². The van der Waals surface area contributed by atoms with Crippen LogP contribution < -0.4 is 0 Å². The molecule has 0 atom stereocenters. The molecule has 4 nitrogen and oxygen atoms in total. The van der Waals surface area contributed by atoms with Gasteiger partial charge in [-0.3, -0.25) is 4.79 Å². The maximum atomic E-state index is 12.8. The van der Waals surface area contributed by atoms with Gasteiger partial charge in [-0.1, -0.05) is 18.2 Å². The van der Waals surface area contributed by atoms with Crippen LogP contribution in [0.5, 0.6) is 0 Å². The predicted molar refractivity (Wildman–Crippen MR) is 101 cm³/mol. The van der Waals surface area contributed by atoms with Gasteiger partial charge in [0.1, 0.15) is 12.4 Å². The van der Waals surface area contributed by atoms with Gasteiger partial charge in [-0.2, -0.15) is 13.2 Å². The second kappa shape index (κ2) is 6.65. The van der Waals surface area contributed by atoms with Crippen LogP contribution in [0.15, 0.2) is 42.7 Å². The standard InChI is InChI=1S/C18H14F3N3OS2/c1-23(9-15-22-6-7-24(15)10-18(19,20)21)17(25)14-8-13-16(27-14)11-4-2-3-5-12(11)26-13/h2-8H,9-10H2,1H3. The van der Waals surface area contributed by atoms with Crippen molar-refractivity contribution in [2.24, 2.45) is 0 Å². The number of amides is 1. The van der Waals surface area contributed by atoms with E-state index in [0.717, 1.165) is 19.4 Å². The Morgan fingerprint density at radius 1 is 1.22 bits per heavy atom. The monoisotopic (exact) mass is 409 g/mol. The van der Waals surface area contributed by atoms with E-state index in [2.05, 4.69) is 4.98 Å². The summed E-state index contributed by atoms with van der Waals surface area (Å²) in [6.07, 6.45) is -1.75. The van der Waals surface area contributed by atoms with E-state index in [0.29, 0.717) is 4.88 Å². The van der Waals surface area contributed by atoms with Gasteiger partial charge < -0.3 is 9.47 Å². The maximum Gasteiger partial charge on any atom is 0.406 e. The molecule has 0 fully saturated rings. The van der Waals surface area contributed by atoms with Gasteiger partial charge in [0.05, 0.1) is 16.1 Å². The highest BCUT2D eigenvalue weighted by molar-refractivity contribution is 7.33. The molecule has 0 saturated carbocycles. The number of aromatic nitrogens is 2. The molecule has 3 aromatic heterocycles. The number of fused-ring (bicyclic) bond motifs is 3. The Bertz CT molecular complexity index is 1130.